The summed E-state index contributed by atoms with van der Waals surface area (Å²) in [5, 5.41) is 2.71. The number of carbonyl (C=O) groups excluding carboxylic acids is 1. The van der Waals surface area contributed by atoms with Crippen molar-refractivity contribution in [3.05, 3.63) is 24.3 Å². The van der Waals surface area contributed by atoms with Crippen molar-refractivity contribution in [3.8, 4) is 0 Å². The zero-order valence-corrected chi connectivity index (χ0v) is 13.5. The molecule has 1 aromatic rings. The minimum atomic E-state index is -3.50. The van der Waals surface area contributed by atoms with E-state index in [1.807, 2.05) is 6.92 Å². The number of nitrogens with one attached hydrogen (secondary N) is 1. The number of nitrogens with two attached hydrogens (primary N) is 1. The number of sulfonamides is 1. The molecule has 0 aliphatic carbocycles. The fraction of sp³-hybridized carbons (Fsp3) is 0.500. The highest BCUT2D eigenvalue weighted by atomic mass is 32.2. The first-order valence-electron chi connectivity index (χ1n) is 6.80. The predicted molar refractivity (Wildman–Crippen MR) is 83.4 cm³/mol. The van der Waals surface area contributed by atoms with E-state index < -0.39 is 10.0 Å². The maximum absolute atomic E-state index is 12.0. The molecule has 1 aromatic carbocycles. The molecule has 1 unspecified atom stereocenters. The second-order valence-corrected chi connectivity index (χ2v) is 7.39. The lowest BCUT2D eigenvalue weighted by Gasteiger charge is -2.13. The summed E-state index contributed by atoms with van der Waals surface area (Å²) in [5.41, 5.74) is 5.98. The molecule has 0 saturated carbocycles. The summed E-state index contributed by atoms with van der Waals surface area (Å²) in [6.45, 7) is 2.53. The van der Waals surface area contributed by atoms with E-state index in [9.17, 15) is 13.2 Å². The van der Waals surface area contributed by atoms with Crippen LogP contribution in [-0.2, 0) is 14.8 Å². The smallest absolute Gasteiger partial charge is 0.242 e. The summed E-state index contributed by atoms with van der Waals surface area (Å²) in [7, 11) is -0.565. The van der Waals surface area contributed by atoms with E-state index in [0.29, 0.717) is 25.1 Å². The van der Waals surface area contributed by atoms with Gasteiger partial charge >= 0.3 is 0 Å². The van der Waals surface area contributed by atoms with Crippen LogP contribution in [0.4, 0.5) is 5.69 Å². The number of benzene rings is 1. The van der Waals surface area contributed by atoms with Gasteiger partial charge in [0.25, 0.3) is 0 Å². The Balaban J connectivity index is 2.76. The number of hydrogen-bond donors (Lipinski definition) is 2. The summed E-state index contributed by atoms with van der Waals surface area (Å²) in [6.07, 6.45) is 1.07. The van der Waals surface area contributed by atoms with Crippen LogP contribution in [0.5, 0.6) is 0 Å². The van der Waals surface area contributed by atoms with Crippen molar-refractivity contribution in [2.45, 2.75) is 24.7 Å². The molecule has 118 valence electrons. The molecule has 0 heterocycles. The molecular weight excluding hydrogens is 290 g/mol. The van der Waals surface area contributed by atoms with Gasteiger partial charge in [0, 0.05) is 26.2 Å². The van der Waals surface area contributed by atoms with Crippen LogP contribution in [0, 0.1) is 5.92 Å². The van der Waals surface area contributed by atoms with Crippen LogP contribution in [0.3, 0.4) is 0 Å². The normalized spacial score (nSPS) is 13.2. The Hall–Kier alpha value is -1.44. The number of rotatable bonds is 7. The molecule has 0 saturated heterocycles. The van der Waals surface area contributed by atoms with E-state index in [4.69, 9.17) is 5.73 Å². The van der Waals surface area contributed by atoms with Gasteiger partial charge in [-0.25, -0.2) is 12.7 Å². The minimum absolute atomic E-state index is 0.144. The molecule has 0 fully saturated rings. The lowest BCUT2D eigenvalue weighted by Crippen LogP contribution is -2.22. The average Bonchev–Trinajstić information content (AvgIpc) is 2.44. The van der Waals surface area contributed by atoms with Gasteiger partial charge in [0.05, 0.1) is 4.90 Å². The number of hydrogen-bond acceptors (Lipinski definition) is 4. The number of anilines is 1. The maximum Gasteiger partial charge on any atom is 0.242 e. The Morgan fingerprint density at radius 3 is 2.62 bits per heavy atom. The second-order valence-electron chi connectivity index (χ2n) is 5.24. The fourth-order valence-electron chi connectivity index (χ4n) is 1.66. The van der Waals surface area contributed by atoms with Gasteiger partial charge in [-0.3, -0.25) is 4.79 Å². The van der Waals surface area contributed by atoms with Gasteiger partial charge < -0.3 is 11.1 Å². The highest BCUT2D eigenvalue weighted by molar-refractivity contribution is 7.89. The zero-order chi connectivity index (χ0) is 16.0. The molecular formula is C14H23N3O3S. The predicted octanol–water partition coefficient (Wildman–Crippen LogP) is 1.25. The molecule has 21 heavy (non-hydrogen) atoms. The Morgan fingerprint density at radius 1 is 1.38 bits per heavy atom. The summed E-state index contributed by atoms with van der Waals surface area (Å²) >= 11 is 0. The van der Waals surface area contributed by atoms with E-state index in [0.717, 1.165) is 4.31 Å². The number of nitrogens with zero attached hydrogens (tertiary/aromatic N) is 1. The van der Waals surface area contributed by atoms with Gasteiger partial charge in [0.15, 0.2) is 0 Å². The fourth-order valence-corrected chi connectivity index (χ4v) is 2.61. The highest BCUT2D eigenvalue weighted by Gasteiger charge is 2.17. The molecule has 0 aliphatic heterocycles. The molecule has 1 rings (SSSR count). The molecule has 0 radical (unpaired) electrons. The van der Waals surface area contributed by atoms with Crippen LogP contribution < -0.4 is 11.1 Å². The maximum atomic E-state index is 12.0. The average molecular weight is 313 g/mol. The third-order valence-electron chi connectivity index (χ3n) is 3.16. The second kappa shape index (κ2) is 7.53. The standard InChI is InChI=1S/C14H23N3O3S/c1-11(10-15)7-8-14(18)16-12-5-4-6-13(9-12)21(19,20)17(2)3/h4-6,9,11H,7-8,10,15H2,1-3H3,(H,16,18). The first kappa shape index (κ1) is 17.6. The molecule has 1 atom stereocenters. The van der Waals surface area contributed by atoms with Crippen molar-refractivity contribution < 1.29 is 13.2 Å². The van der Waals surface area contributed by atoms with Gasteiger partial charge in [0.1, 0.15) is 0 Å². The SMILES string of the molecule is CC(CN)CCC(=O)Nc1cccc(S(=O)(=O)N(C)C)c1. The van der Waals surface area contributed by atoms with Crippen molar-refractivity contribution in [3.63, 3.8) is 0 Å². The van der Waals surface area contributed by atoms with Crippen LogP contribution in [0.25, 0.3) is 0 Å². The summed E-state index contributed by atoms with van der Waals surface area (Å²) in [6, 6.07) is 6.23. The third kappa shape index (κ3) is 5.11. The van der Waals surface area contributed by atoms with Crippen molar-refractivity contribution in [2.24, 2.45) is 11.7 Å². The zero-order valence-electron chi connectivity index (χ0n) is 12.7. The minimum Gasteiger partial charge on any atom is -0.330 e. The van der Waals surface area contributed by atoms with Crippen molar-refractivity contribution in [1.82, 2.24) is 4.31 Å². The Morgan fingerprint density at radius 2 is 2.05 bits per heavy atom. The Labute approximate surface area is 126 Å². The molecule has 6 nitrogen and oxygen atoms in total. The summed E-state index contributed by atoms with van der Waals surface area (Å²) < 4.78 is 25.2. The Kier molecular flexibility index (Phi) is 6.32. The van der Waals surface area contributed by atoms with Gasteiger partial charge in [-0.1, -0.05) is 13.0 Å². The van der Waals surface area contributed by atoms with E-state index in [1.54, 1.807) is 12.1 Å². The quantitative estimate of drug-likeness (QED) is 0.792. The highest BCUT2D eigenvalue weighted by Crippen LogP contribution is 2.18. The van der Waals surface area contributed by atoms with Crippen LogP contribution >= 0.6 is 0 Å². The van der Waals surface area contributed by atoms with Crippen molar-refractivity contribution >= 4 is 21.6 Å². The molecule has 0 aliphatic rings. The van der Waals surface area contributed by atoms with Gasteiger partial charge in [-0.15, -0.1) is 0 Å². The first-order chi connectivity index (χ1) is 9.77. The van der Waals surface area contributed by atoms with Crippen molar-refractivity contribution in [2.75, 3.05) is 26.0 Å². The van der Waals surface area contributed by atoms with Gasteiger partial charge in [-0.05, 0) is 37.1 Å². The van der Waals surface area contributed by atoms with E-state index in [1.165, 1.54) is 26.2 Å². The lowest BCUT2D eigenvalue weighted by molar-refractivity contribution is -0.116. The van der Waals surface area contributed by atoms with Gasteiger partial charge in [-0.2, -0.15) is 0 Å². The van der Waals surface area contributed by atoms with Crippen molar-refractivity contribution in [1.29, 1.82) is 0 Å². The lowest BCUT2D eigenvalue weighted by atomic mass is 10.1. The molecule has 0 aromatic heterocycles. The summed E-state index contributed by atoms with van der Waals surface area (Å²) in [4.78, 5) is 12.0. The largest absolute Gasteiger partial charge is 0.330 e. The monoisotopic (exact) mass is 313 g/mol. The Bertz CT molecular complexity index is 585. The molecule has 7 heteroatoms. The molecule has 0 bridgehead atoms. The summed E-state index contributed by atoms with van der Waals surface area (Å²) in [5.74, 6) is 0.144. The third-order valence-corrected chi connectivity index (χ3v) is 4.97. The molecule has 0 spiro atoms. The number of carbonyl (C=O) groups is 1. The van der Waals surface area contributed by atoms with E-state index in [2.05, 4.69) is 5.32 Å². The van der Waals surface area contributed by atoms with Crippen LogP contribution in [-0.4, -0.2) is 39.3 Å². The molecule has 3 N–H and O–H groups in total. The molecule has 1 amide bonds. The topological polar surface area (TPSA) is 92.5 Å². The van der Waals surface area contributed by atoms with Crippen LogP contribution in [0.2, 0.25) is 0 Å². The van der Waals surface area contributed by atoms with Crippen LogP contribution in [0.1, 0.15) is 19.8 Å². The number of amides is 1. The van der Waals surface area contributed by atoms with E-state index in [-0.39, 0.29) is 16.7 Å². The van der Waals surface area contributed by atoms with E-state index >= 15 is 0 Å². The van der Waals surface area contributed by atoms with Gasteiger partial charge in [0.2, 0.25) is 15.9 Å². The first-order valence-corrected chi connectivity index (χ1v) is 8.24. The van der Waals surface area contributed by atoms with Crippen LogP contribution in [0.15, 0.2) is 29.2 Å².